The van der Waals surface area contributed by atoms with Gasteiger partial charge in [0.05, 0.1) is 16.9 Å². The van der Waals surface area contributed by atoms with E-state index in [0.29, 0.717) is 12.0 Å². The lowest BCUT2D eigenvalue weighted by Crippen LogP contribution is -2.35. The second-order valence-corrected chi connectivity index (χ2v) is 7.36. The van der Waals surface area contributed by atoms with Gasteiger partial charge in [0.2, 0.25) is 0 Å². The number of rotatable bonds is 5. The lowest BCUT2D eigenvalue weighted by atomic mass is 10.0. The van der Waals surface area contributed by atoms with Crippen LogP contribution in [0.5, 0.6) is 5.75 Å². The Hall–Kier alpha value is -1.12. The Morgan fingerprint density at radius 1 is 1.35 bits per heavy atom. The van der Waals surface area contributed by atoms with E-state index in [9.17, 15) is 5.11 Å². The van der Waals surface area contributed by atoms with Gasteiger partial charge in [0.1, 0.15) is 12.0 Å². The molecule has 5 nitrogen and oxygen atoms in total. The fraction of sp³-hybridized carbons (Fsp3) is 0.471. The monoisotopic (exact) mass is 427 g/mol. The molecule has 6 heteroatoms. The Bertz CT molecular complexity index is 644. The molecule has 1 unspecified atom stereocenters. The standard InChI is InChI=1S/C17H22IN3O2/c1-12-14(10-20-11-15(18)8-19-20)7-17(22)21(12)9-13-3-5-16(23-2)6-4-13/h3-6,8,11-12,14,17,22H,7,9-10H2,1-2H3/t12-,14-,17?/m0/s1. The van der Waals surface area contributed by atoms with Crippen LogP contribution in [-0.4, -0.2) is 39.2 Å². The predicted octanol–water partition coefficient (Wildman–Crippen LogP) is 2.73. The molecule has 0 amide bonds. The Labute approximate surface area is 150 Å². The van der Waals surface area contributed by atoms with E-state index in [1.165, 1.54) is 5.56 Å². The van der Waals surface area contributed by atoms with Gasteiger partial charge in [-0.15, -0.1) is 0 Å². The van der Waals surface area contributed by atoms with E-state index in [-0.39, 0.29) is 0 Å². The molecule has 2 aromatic rings. The number of methoxy groups -OCH3 is 1. The average molecular weight is 427 g/mol. The fourth-order valence-electron chi connectivity index (χ4n) is 3.24. The van der Waals surface area contributed by atoms with Crippen LogP contribution in [0.2, 0.25) is 0 Å². The summed E-state index contributed by atoms with van der Waals surface area (Å²) in [7, 11) is 1.67. The minimum atomic E-state index is -0.397. The molecular formula is C17H22IN3O2. The van der Waals surface area contributed by atoms with Gasteiger partial charge in [-0.2, -0.15) is 5.10 Å². The van der Waals surface area contributed by atoms with Crippen LogP contribution < -0.4 is 4.74 Å². The van der Waals surface area contributed by atoms with Crippen molar-refractivity contribution < 1.29 is 9.84 Å². The summed E-state index contributed by atoms with van der Waals surface area (Å²) in [6.45, 7) is 3.79. The minimum absolute atomic E-state index is 0.314. The topological polar surface area (TPSA) is 50.5 Å². The molecule has 23 heavy (non-hydrogen) atoms. The van der Waals surface area contributed by atoms with Crippen LogP contribution >= 0.6 is 22.6 Å². The molecule has 1 aromatic heterocycles. The number of likely N-dealkylation sites (tertiary alicyclic amines) is 1. The molecule has 0 aliphatic carbocycles. The van der Waals surface area contributed by atoms with E-state index >= 15 is 0 Å². The number of nitrogens with zero attached hydrogens (tertiary/aromatic N) is 3. The maximum Gasteiger partial charge on any atom is 0.118 e. The second-order valence-electron chi connectivity index (χ2n) is 6.12. The molecule has 1 aliphatic heterocycles. The van der Waals surface area contributed by atoms with E-state index in [4.69, 9.17) is 4.74 Å². The van der Waals surface area contributed by atoms with Crippen molar-refractivity contribution in [1.29, 1.82) is 0 Å². The van der Waals surface area contributed by atoms with Crippen LogP contribution in [0.15, 0.2) is 36.7 Å². The zero-order valence-corrected chi connectivity index (χ0v) is 15.6. The average Bonchev–Trinajstić information content (AvgIpc) is 3.07. The number of aliphatic hydroxyl groups is 1. The molecule has 1 N–H and O–H groups in total. The van der Waals surface area contributed by atoms with E-state index < -0.39 is 6.23 Å². The number of hydrogen-bond acceptors (Lipinski definition) is 4. The summed E-state index contributed by atoms with van der Waals surface area (Å²) in [4.78, 5) is 2.17. The van der Waals surface area contributed by atoms with Crippen molar-refractivity contribution in [2.75, 3.05) is 7.11 Å². The number of halogens is 1. The Balaban J connectivity index is 1.65. The summed E-state index contributed by atoms with van der Waals surface area (Å²) in [6.07, 6.45) is 4.30. The molecule has 0 saturated carbocycles. The highest BCUT2D eigenvalue weighted by molar-refractivity contribution is 14.1. The van der Waals surface area contributed by atoms with Gasteiger partial charge >= 0.3 is 0 Å². The number of aliphatic hydroxyl groups excluding tert-OH is 1. The SMILES string of the molecule is COc1ccc(CN2C(O)C[C@@H](Cn3cc(I)cn3)[C@@H]2C)cc1. The van der Waals surface area contributed by atoms with E-state index in [1.54, 1.807) is 7.11 Å². The summed E-state index contributed by atoms with van der Waals surface area (Å²) in [5.41, 5.74) is 1.19. The first-order chi connectivity index (χ1) is 11.1. The van der Waals surface area contributed by atoms with Gasteiger partial charge in [-0.3, -0.25) is 9.58 Å². The second kappa shape index (κ2) is 7.19. The van der Waals surface area contributed by atoms with Crippen LogP contribution in [0.3, 0.4) is 0 Å². The van der Waals surface area contributed by atoms with Gasteiger partial charge in [-0.1, -0.05) is 12.1 Å². The molecular weight excluding hydrogens is 405 g/mol. The number of ether oxygens (including phenoxy) is 1. The lowest BCUT2D eigenvalue weighted by Gasteiger charge is -2.26. The van der Waals surface area contributed by atoms with Gasteiger partial charge in [0.15, 0.2) is 0 Å². The normalized spacial score (nSPS) is 25.0. The van der Waals surface area contributed by atoms with Gasteiger partial charge in [-0.25, -0.2) is 0 Å². The summed E-state index contributed by atoms with van der Waals surface area (Å²) >= 11 is 2.27. The van der Waals surface area contributed by atoms with Crippen LogP contribution in [0, 0.1) is 9.49 Å². The molecule has 124 valence electrons. The highest BCUT2D eigenvalue weighted by Crippen LogP contribution is 2.31. The van der Waals surface area contributed by atoms with Gasteiger partial charge < -0.3 is 9.84 Å². The Morgan fingerprint density at radius 3 is 2.70 bits per heavy atom. The Kier molecular flexibility index (Phi) is 5.23. The van der Waals surface area contributed by atoms with Gasteiger partial charge in [0, 0.05) is 25.3 Å². The highest BCUT2D eigenvalue weighted by Gasteiger charge is 2.37. The zero-order chi connectivity index (χ0) is 16.4. The first kappa shape index (κ1) is 16.7. The number of hydrogen-bond donors (Lipinski definition) is 1. The summed E-state index contributed by atoms with van der Waals surface area (Å²) in [5, 5.41) is 14.8. The van der Waals surface area contributed by atoms with Crippen molar-refractivity contribution in [3.8, 4) is 5.75 Å². The molecule has 3 rings (SSSR count). The quantitative estimate of drug-likeness (QED) is 0.746. The maximum absolute atomic E-state index is 10.4. The minimum Gasteiger partial charge on any atom is -0.497 e. The van der Waals surface area contributed by atoms with Crippen LogP contribution in [0.4, 0.5) is 0 Å². The van der Waals surface area contributed by atoms with Crippen LogP contribution in [-0.2, 0) is 13.1 Å². The first-order valence-electron chi connectivity index (χ1n) is 7.81. The zero-order valence-electron chi connectivity index (χ0n) is 13.4. The summed E-state index contributed by atoms with van der Waals surface area (Å²) in [6, 6.07) is 8.36. The van der Waals surface area contributed by atoms with Crippen molar-refractivity contribution in [1.82, 2.24) is 14.7 Å². The van der Waals surface area contributed by atoms with E-state index in [0.717, 1.165) is 28.8 Å². The smallest absolute Gasteiger partial charge is 0.118 e. The first-order valence-corrected chi connectivity index (χ1v) is 8.89. The van der Waals surface area contributed by atoms with Crippen molar-refractivity contribution in [2.24, 2.45) is 5.92 Å². The van der Waals surface area contributed by atoms with Crippen LogP contribution in [0.25, 0.3) is 0 Å². The van der Waals surface area contributed by atoms with Crippen molar-refractivity contribution in [3.63, 3.8) is 0 Å². The van der Waals surface area contributed by atoms with E-state index in [2.05, 4.69) is 51.6 Å². The van der Waals surface area contributed by atoms with Crippen LogP contribution in [0.1, 0.15) is 18.9 Å². The molecule has 0 radical (unpaired) electrons. The third-order valence-electron chi connectivity index (χ3n) is 4.65. The Morgan fingerprint density at radius 2 is 2.09 bits per heavy atom. The summed E-state index contributed by atoms with van der Waals surface area (Å²) in [5.74, 6) is 1.26. The fourth-order valence-corrected chi connectivity index (χ4v) is 3.69. The molecule has 2 heterocycles. The molecule has 1 aliphatic rings. The third kappa shape index (κ3) is 3.87. The van der Waals surface area contributed by atoms with Crippen molar-refractivity contribution >= 4 is 22.6 Å². The molecule has 0 bridgehead atoms. The maximum atomic E-state index is 10.4. The van der Waals surface area contributed by atoms with E-state index in [1.807, 2.05) is 29.2 Å². The van der Waals surface area contributed by atoms with Gasteiger partial charge in [-0.05, 0) is 59.5 Å². The molecule has 1 saturated heterocycles. The lowest BCUT2D eigenvalue weighted by molar-refractivity contribution is 0.0145. The number of benzene rings is 1. The predicted molar refractivity (Wildman–Crippen MR) is 97.1 cm³/mol. The third-order valence-corrected chi connectivity index (χ3v) is 5.21. The highest BCUT2D eigenvalue weighted by atomic mass is 127. The molecule has 1 aromatic carbocycles. The largest absolute Gasteiger partial charge is 0.497 e. The number of aromatic nitrogens is 2. The summed E-state index contributed by atoms with van der Waals surface area (Å²) < 4.78 is 8.31. The van der Waals surface area contributed by atoms with Gasteiger partial charge in [0.25, 0.3) is 0 Å². The van der Waals surface area contributed by atoms with Crippen molar-refractivity contribution in [3.05, 3.63) is 45.8 Å². The molecule has 1 fully saturated rings. The van der Waals surface area contributed by atoms with Crippen molar-refractivity contribution in [2.45, 2.75) is 38.7 Å². The molecule has 0 spiro atoms. The molecule has 3 atom stereocenters.